The molecule has 9 heteroatoms. The van der Waals surface area contributed by atoms with Crippen molar-refractivity contribution in [2.24, 2.45) is 0 Å². The normalized spacial score (nSPS) is 15.3. The lowest BCUT2D eigenvalue weighted by atomic mass is 10.0. The largest absolute Gasteiger partial charge is 0.350 e. The summed E-state index contributed by atoms with van der Waals surface area (Å²) in [5.74, 6) is 1.95. The van der Waals surface area contributed by atoms with Gasteiger partial charge in [0.05, 0.1) is 5.01 Å². The highest BCUT2D eigenvalue weighted by Crippen LogP contribution is 2.42. The number of fused-ring (bicyclic) bond motifs is 1. The molecule has 3 aromatic rings. The number of rotatable bonds is 7. The molecule has 0 spiro atoms. The van der Waals surface area contributed by atoms with Crippen LogP contribution in [0.3, 0.4) is 0 Å². The summed E-state index contributed by atoms with van der Waals surface area (Å²) in [6, 6.07) is 6.32. The van der Waals surface area contributed by atoms with Crippen LogP contribution in [0.1, 0.15) is 59.1 Å². The molecule has 2 aromatic heterocycles. The van der Waals surface area contributed by atoms with Crippen LogP contribution in [0.5, 0.6) is 0 Å². The topological polar surface area (TPSA) is 104 Å². The molecule has 1 fully saturated rings. The average Bonchev–Trinajstić information content (AvgIpc) is 3.52. The Labute approximate surface area is 191 Å². The molecule has 8 nitrogen and oxygen atoms in total. The van der Waals surface area contributed by atoms with Gasteiger partial charge in [0.1, 0.15) is 17.2 Å². The van der Waals surface area contributed by atoms with Gasteiger partial charge in [-0.05, 0) is 62.9 Å². The van der Waals surface area contributed by atoms with E-state index in [9.17, 15) is 4.79 Å². The van der Waals surface area contributed by atoms with E-state index < -0.39 is 0 Å². The molecule has 1 aliphatic heterocycles. The second kappa shape index (κ2) is 8.84. The van der Waals surface area contributed by atoms with Crippen molar-refractivity contribution in [1.29, 1.82) is 0 Å². The Morgan fingerprint density at radius 1 is 1.19 bits per heavy atom. The number of carbonyl (C=O) groups is 1. The van der Waals surface area contributed by atoms with Crippen LogP contribution >= 0.6 is 11.3 Å². The molecule has 0 radical (unpaired) electrons. The van der Waals surface area contributed by atoms with Gasteiger partial charge in [-0.3, -0.25) is 4.79 Å². The smallest absolute Gasteiger partial charge is 0.256 e. The van der Waals surface area contributed by atoms with Crippen molar-refractivity contribution in [3.05, 3.63) is 51.5 Å². The number of thiazole rings is 1. The first-order valence-corrected chi connectivity index (χ1v) is 11.9. The summed E-state index contributed by atoms with van der Waals surface area (Å²) in [5.41, 5.74) is 3.97. The van der Waals surface area contributed by atoms with Crippen molar-refractivity contribution in [1.82, 2.24) is 25.6 Å². The highest BCUT2D eigenvalue weighted by Gasteiger charge is 2.27. The van der Waals surface area contributed by atoms with E-state index in [2.05, 4.69) is 48.4 Å². The van der Waals surface area contributed by atoms with E-state index in [4.69, 9.17) is 0 Å². The molecule has 4 N–H and O–H groups in total. The molecule has 1 saturated carbocycles. The van der Waals surface area contributed by atoms with E-state index in [0.717, 1.165) is 30.2 Å². The summed E-state index contributed by atoms with van der Waals surface area (Å²) in [4.78, 5) is 26.5. The third-order valence-corrected chi connectivity index (χ3v) is 6.50. The van der Waals surface area contributed by atoms with Gasteiger partial charge in [0.2, 0.25) is 5.95 Å². The van der Waals surface area contributed by atoms with Gasteiger partial charge in [0.25, 0.3) is 5.91 Å². The van der Waals surface area contributed by atoms with Gasteiger partial charge < -0.3 is 21.3 Å². The summed E-state index contributed by atoms with van der Waals surface area (Å²) in [5, 5.41) is 16.0. The molecular formula is C23H27N7OS. The second-order valence-electron chi connectivity index (χ2n) is 8.59. The maximum absolute atomic E-state index is 12.7. The van der Waals surface area contributed by atoms with Crippen LogP contribution in [-0.4, -0.2) is 33.4 Å². The zero-order valence-corrected chi connectivity index (χ0v) is 19.1. The first kappa shape index (κ1) is 20.8. The molecule has 166 valence electrons. The van der Waals surface area contributed by atoms with Crippen LogP contribution in [0.15, 0.2) is 29.8 Å². The zero-order valence-electron chi connectivity index (χ0n) is 18.2. The predicted octanol–water partition coefficient (Wildman–Crippen LogP) is 4.08. The second-order valence-corrected chi connectivity index (χ2v) is 9.48. The summed E-state index contributed by atoms with van der Waals surface area (Å²) < 4.78 is 0. The number of nitrogens with zero attached hydrogens (tertiary/aromatic N) is 3. The van der Waals surface area contributed by atoms with E-state index in [-0.39, 0.29) is 11.9 Å². The summed E-state index contributed by atoms with van der Waals surface area (Å²) in [6.07, 6.45) is 4.96. The number of anilines is 4. The maximum Gasteiger partial charge on any atom is 0.256 e. The van der Waals surface area contributed by atoms with Crippen molar-refractivity contribution in [2.75, 3.05) is 17.2 Å². The molecule has 0 bridgehead atoms. The minimum atomic E-state index is -0.215. The van der Waals surface area contributed by atoms with Crippen LogP contribution in [0.4, 0.5) is 23.3 Å². The summed E-state index contributed by atoms with van der Waals surface area (Å²) >= 11 is 1.65. The Morgan fingerprint density at radius 2 is 2.06 bits per heavy atom. The van der Waals surface area contributed by atoms with Gasteiger partial charge in [-0.15, -0.1) is 11.3 Å². The fourth-order valence-electron chi connectivity index (χ4n) is 3.71. The molecule has 32 heavy (non-hydrogen) atoms. The number of hydrogen-bond acceptors (Lipinski definition) is 8. The zero-order chi connectivity index (χ0) is 22.1. The lowest BCUT2D eigenvalue weighted by Gasteiger charge is -2.18. The molecule has 0 unspecified atom stereocenters. The Balaban J connectivity index is 1.41. The monoisotopic (exact) mass is 449 g/mol. The van der Waals surface area contributed by atoms with Crippen LogP contribution in [0, 0.1) is 0 Å². The third-order valence-electron chi connectivity index (χ3n) is 5.50. The summed E-state index contributed by atoms with van der Waals surface area (Å²) in [7, 11) is 0. The molecular weight excluding hydrogens is 422 g/mol. The van der Waals surface area contributed by atoms with Crippen molar-refractivity contribution in [3.63, 3.8) is 0 Å². The van der Waals surface area contributed by atoms with Gasteiger partial charge in [-0.25, -0.2) is 9.97 Å². The first-order chi connectivity index (χ1) is 15.5. The van der Waals surface area contributed by atoms with Gasteiger partial charge in [-0.1, -0.05) is 6.07 Å². The maximum atomic E-state index is 12.7. The van der Waals surface area contributed by atoms with Gasteiger partial charge >= 0.3 is 0 Å². The first-order valence-electron chi connectivity index (χ1n) is 11.0. The fourth-order valence-corrected chi connectivity index (χ4v) is 4.63. The molecule has 3 heterocycles. The quantitative estimate of drug-likeness (QED) is 0.431. The highest BCUT2D eigenvalue weighted by molar-refractivity contribution is 7.10. The highest BCUT2D eigenvalue weighted by atomic mass is 32.1. The third kappa shape index (κ3) is 4.73. The van der Waals surface area contributed by atoms with Crippen LogP contribution in [-0.2, 0) is 13.0 Å². The van der Waals surface area contributed by atoms with Gasteiger partial charge in [0, 0.05) is 35.8 Å². The number of aromatic nitrogens is 3. The molecule has 5 rings (SSSR count). The van der Waals surface area contributed by atoms with Crippen molar-refractivity contribution in [3.8, 4) is 0 Å². The van der Waals surface area contributed by atoms with Crippen LogP contribution in [0.2, 0.25) is 0 Å². The van der Waals surface area contributed by atoms with E-state index in [1.807, 2.05) is 25.3 Å². The molecule has 2 aliphatic rings. The Kier molecular flexibility index (Phi) is 5.75. The average molecular weight is 450 g/mol. The molecule has 1 aromatic carbocycles. The predicted molar refractivity (Wildman–Crippen MR) is 127 cm³/mol. The standard InChI is InChI=1S/C23H27N7OS/c1-13(2)26-21(31)18-11-25-23(27-17-6-5-16-10-24-8-7-15(16)9-17)30-20(18)28-19-12-32-22(29-19)14-3-4-14/h5-6,9,11-14,24H,3-4,7-8,10H2,1-2H3,(H,26,31)(H2,25,27,28,30). The molecule has 0 saturated heterocycles. The lowest BCUT2D eigenvalue weighted by molar-refractivity contribution is 0.0943. The number of benzene rings is 1. The van der Waals surface area contributed by atoms with Crippen molar-refractivity contribution >= 4 is 40.5 Å². The number of amides is 1. The fraction of sp³-hybridized carbons (Fsp3) is 0.391. The SMILES string of the molecule is CC(C)NC(=O)c1cnc(Nc2ccc3c(c2)CCNC3)nc1Nc1csc(C2CC2)n1. The van der Waals surface area contributed by atoms with Crippen LogP contribution in [0.25, 0.3) is 0 Å². The minimum Gasteiger partial charge on any atom is -0.350 e. The number of nitrogens with one attached hydrogen (secondary N) is 4. The molecule has 1 aliphatic carbocycles. The summed E-state index contributed by atoms with van der Waals surface area (Å²) in [6.45, 7) is 5.74. The van der Waals surface area contributed by atoms with Crippen molar-refractivity contribution in [2.45, 2.75) is 51.6 Å². The van der Waals surface area contributed by atoms with Crippen LogP contribution < -0.4 is 21.3 Å². The minimum absolute atomic E-state index is 0.0129. The Morgan fingerprint density at radius 3 is 2.88 bits per heavy atom. The number of hydrogen-bond donors (Lipinski definition) is 4. The van der Waals surface area contributed by atoms with E-state index in [1.54, 1.807) is 17.5 Å². The van der Waals surface area contributed by atoms with E-state index >= 15 is 0 Å². The van der Waals surface area contributed by atoms with Gasteiger partial charge in [-0.2, -0.15) is 4.98 Å². The number of carbonyl (C=O) groups excluding carboxylic acids is 1. The lowest BCUT2D eigenvalue weighted by Crippen LogP contribution is -2.31. The van der Waals surface area contributed by atoms with Crippen molar-refractivity contribution < 1.29 is 4.79 Å². The Hall–Kier alpha value is -3.04. The van der Waals surface area contributed by atoms with Gasteiger partial charge in [0.15, 0.2) is 0 Å². The van der Waals surface area contributed by atoms with E-state index in [0.29, 0.717) is 29.1 Å². The molecule has 1 amide bonds. The van der Waals surface area contributed by atoms with E-state index in [1.165, 1.54) is 24.0 Å². The molecule has 0 atom stereocenters. The Bertz CT molecular complexity index is 1140.